The fraction of sp³-hybridized carbons (Fsp3) is 0.417. The molecule has 5 heteroatoms. The first kappa shape index (κ1) is 20.0. The summed E-state index contributed by atoms with van der Waals surface area (Å²) in [5.74, 6) is 0.983. The number of carbonyl (C=O) groups is 2. The molecule has 2 fully saturated rings. The quantitative estimate of drug-likeness (QED) is 0.753. The van der Waals surface area contributed by atoms with Crippen LogP contribution >= 0.6 is 11.6 Å². The zero-order chi connectivity index (χ0) is 20.5. The van der Waals surface area contributed by atoms with Crippen molar-refractivity contribution in [3.05, 3.63) is 64.7 Å². The molecule has 2 aromatic rings. The average molecular weight is 411 g/mol. The number of benzene rings is 2. The number of para-hydroxylation sites is 1. The number of hydrogen-bond acceptors (Lipinski definition) is 2. The predicted molar refractivity (Wildman–Crippen MR) is 116 cm³/mol. The SMILES string of the molecule is CC1CC(C)CN(C(=O)c2ccccc2NC(=O)C2CC2c2ccccc2Cl)C1. The summed E-state index contributed by atoms with van der Waals surface area (Å²) in [6, 6.07) is 15.0. The molecule has 1 saturated heterocycles. The Balaban J connectivity index is 1.47. The third-order valence-electron chi connectivity index (χ3n) is 6.00. The van der Waals surface area contributed by atoms with E-state index in [-0.39, 0.29) is 23.7 Å². The van der Waals surface area contributed by atoms with Crippen LogP contribution in [0.25, 0.3) is 0 Å². The molecule has 152 valence electrons. The zero-order valence-electron chi connectivity index (χ0n) is 16.9. The normalized spacial score (nSPS) is 26.1. The van der Waals surface area contributed by atoms with Gasteiger partial charge in [0.05, 0.1) is 11.3 Å². The number of rotatable bonds is 4. The van der Waals surface area contributed by atoms with Gasteiger partial charge in [-0.25, -0.2) is 0 Å². The van der Waals surface area contributed by atoms with E-state index in [1.165, 1.54) is 0 Å². The van der Waals surface area contributed by atoms with E-state index < -0.39 is 0 Å². The van der Waals surface area contributed by atoms with Crippen LogP contribution in [0.2, 0.25) is 5.02 Å². The van der Waals surface area contributed by atoms with Gasteiger partial charge in [0.25, 0.3) is 5.91 Å². The van der Waals surface area contributed by atoms with Gasteiger partial charge in [0.15, 0.2) is 0 Å². The highest BCUT2D eigenvalue weighted by molar-refractivity contribution is 6.31. The number of nitrogens with zero attached hydrogens (tertiary/aromatic N) is 1. The van der Waals surface area contributed by atoms with Gasteiger partial charge in [-0.2, -0.15) is 0 Å². The minimum Gasteiger partial charge on any atom is -0.338 e. The lowest BCUT2D eigenvalue weighted by atomic mass is 9.91. The van der Waals surface area contributed by atoms with Gasteiger partial charge in [-0.1, -0.05) is 55.8 Å². The monoisotopic (exact) mass is 410 g/mol. The lowest BCUT2D eigenvalue weighted by Gasteiger charge is -2.35. The number of hydrogen-bond donors (Lipinski definition) is 1. The van der Waals surface area contributed by atoms with Crippen LogP contribution in [0.1, 0.15) is 48.5 Å². The predicted octanol–water partition coefficient (Wildman–Crippen LogP) is 5.20. The summed E-state index contributed by atoms with van der Waals surface area (Å²) >= 11 is 6.28. The van der Waals surface area contributed by atoms with Crippen LogP contribution in [-0.4, -0.2) is 29.8 Å². The largest absolute Gasteiger partial charge is 0.338 e. The lowest BCUT2D eigenvalue weighted by molar-refractivity contribution is -0.117. The van der Waals surface area contributed by atoms with Crippen LogP contribution in [0, 0.1) is 17.8 Å². The van der Waals surface area contributed by atoms with Gasteiger partial charge in [0, 0.05) is 24.0 Å². The Morgan fingerprint density at radius 1 is 0.966 bits per heavy atom. The summed E-state index contributed by atoms with van der Waals surface area (Å²) in [6.07, 6.45) is 1.93. The second-order valence-electron chi connectivity index (χ2n) is 8.66. The molecule has 1 aliphatic heterocycles. The third kappa shape index (κ3) is 4.32. The van der Waals surface area contributed by atoms with Crippen LogP contribution in [0.5, 0.6) is 0 Å². The van der Waals surface area contributed by atoms with E-state index in [2.05, 4.69) is 19.2 Å². The standard InChI is InChI=1S/C24H27ClN2O2/c1-15-11-16(2)14-27(13-15)24(29)18-8-4-6-10-22(18)26-23(28)20-12-19(20)17-7-3-5-9-21(17)25/h3-10,15-16,19-20H,11-14H2,1-2H3,(H,26,28). The topological polar surface area (TPSA) is 49.4 Å². The Morgan fingerprint density at radius 3 is 2.34 bits per heavy atom. The highest BCUT2D eigenvalue weighted by Gasteiger charge is 2.45. The van der Waals surface area contributed by atoms with Crippen molar-refractivity contribution in [2.75, 3.05) is 18.4 Å². The highest BCUT2D eigenvalue weighted by Crippen LogP contribution is 2.50. The number of piperidine rings is 1. The van der Waals surface area contributed by atoms with Crippen LogP contribution in [0.15, 0.2) is 48.5 Å². The van der Waals surface area contributed by atoms with Crippen molar-refractivity contribution in [1.29, 1.82) is 0 Å². The van der Waals surface area contributed by atoms with Crippen LogP contribution in [-0.2, 0) is 4.79 Å². The van der Waals surface area contributed by atoms with Gasteiger partial charge >= 0.3 is 0 Å². The van der Waals surface area contributed by atoms with Gasteiger partial charge in [-0.15, -0.1) is 0 Å². The molecule has 2 aliphatic rings. The van der Waals surface area contributed by atoms with Crippen LogP contribution in [0.4, 0.5) is 5.69 Å². The fourth-order valence-corrected chi connectivity index (χ4v) is 4.88. The molecular weight excluding hydrogens is 384 g/mol. The summed E-state index contributed by atoms with van der Waals surface area (Å²) in [5, 5.41) is 3.71. The van der Waals surface area contributed by atoms with Crippen molar-refractivity contribution in [3.63, 3.8) is 0 Å². The zero-order valence-corrected chi connectivity index (χ0v) is 17.7. The molecule has 0 radical (unpaired) electrons. The molecule has 4 nitrogen and oxygen atoms in total. The number of nitrogens with one attached hydrogen (secondary N) is 1. The van der Waals surface area contributed by atoms with E-state index in [4.69, 9.17) is 11.6 Å². The van der Waals surface area contributed by atoms with E-state index in [0.29, 0.717) is 28.1 Å². The molecule has 1 saturated carbocycles. The molecule has 29 heavy (non-hydrogen) atoms. The molecule has 2 amide bonds. The van der Waals surface area contributed by atoms with Crippen molar-refractivity contribution in [1.82, 2.24) is 4.90 Å². The van der Waals surface area contributed by atoms with Crippen molar-refractivity contribution >= 4 is 29.1 Å². The molecule has 4 rings (SSSR count). The highest BCUT2D eigenvalue weighted by atomic mass is 35.5. The maximum atomic E-state index is 13.2. The molecule has 0 aromatic heterocycles. The smallest absolute Gasteiger partial charge is 0.255 e. The fourth-order valence-electron chi connectivity index (χ4n) is 4.61. The van der Waals surface area contributed by atoms with Crippen molar-refractivity contribution in [3.8, 4) is 0 Å². The third-order valence-corrected chi connectivity index (χ3v) is 6.35. The van der Waals surface area contributed by atoms with Crippen molar-refractivity contribution in [2.45, 2.75) is 32.6 Å². The maximum absolute atomic E-state index is 13.2. The molecule has 1 aliphatic carbocycles. The lowest BCUT2D eigenvalue weighted by Crippen LogP contribution is -2.42. The minimum absolute atomic E-state index is 0.00208. The average Bonchev–Trinajstić information content (AvgIpc) is 3.48. The summed E-state index contributed by atoms with van der Waals surface area (Å²) in [5.41, 5.74) is 2.19. The summed E-state index contributed by atoms with van der Waals surface area (Å²) in [6.45, 7) is 5.91. The van der Waals surface area contributed by atoms with E-state index in [0.717, 1.165) is 31.5 Å². The Kier molecular flexibility index (Phi) is 5.64. The molecule has 1 heterocycles. The molecule has 1 N–H and O–H groups in total. The maximum Gasteiger partial charge on any atom is 0.255 e. The van der Waals surface area contributed by atoms with E-state index >= 15 is 0 Å². The number of anilines is 1. The number of amides is 2. The molecule has 4 unspecified atom stereocenters. The Morgan fingerprint density at radius 2 is 1.62 bits per heavy atom. The van der Waals surface area contributed by atoms with E-state index in [9.17, 15) is 9.59 Å². The number of carbonyl (C=O) groups excluding carboxylic acids is 2. The first-order valence-corrected chi connectivity index (χ1v) is 10.8. The van der Waals surface area contributed by atoms with Crippen molar-refractivity contribution in [2.24, 2.45) is 17.8 Å². The Bertz CT molecular complexity index is 919. The van der Waals surface area contributed by atoms with Crippen molar-refractivity contribution < 1.29 is 9.59 Å². The second-order valence-corrected chi connectivity index (χ2v) is 9.07. The number of halogens is 1. The molecular formula is C24H27ClN2O2. The van der Waals surface area contributed by atoms with Gasteiger partial charge in [-0.05, 0) is 54.4 Å². The van der Waals surface area contributed by atoms with E-state index in [1.807, 2.05) is 47.4 Å². The first-order chi connectivity index (χ1) is 13.9. The summed E-state index contributed by atoms with van der Waals surface area (Å²) in [7, 11) is 0. The molecule has 0 spiro atoms. The summed E-state index contributed by atoms with van der Waals surface area (Å²) < 4.78 is 0. The Hall–Kier alpha value is -2.33. The first-order valence-electron chi connectivity index (χ1n) is 10.4. The van der Waals surface area contributed by atoms with Gasteiger partial charge in [0.1, 0.15) is 0 Å². The van der Waals surface area contributed by atoms with Gasteiger partial charge in [0.2, 0.25) is 5.91 Å². The molecule has 0 bridgehead atoms. The van der Waals surface area contributed by atoms with Crippen LogP contribution < -0.4 is 5.32 Å². The Labute approximate surface area is 177 Å². The molecule has 4 atom stereocenters. The minimum atomic E-state index is -0.104. The number of likely N-dealkylation sites (tertiary alicyclic amines) is 1. The van der Waals surface area contributed by atoms with Gasteiger partial charge in [-0.3, -0.25) is 9.59 Å². The van der Waals surface area contributed by atoms with Crippen LogP contribution in [0.3, 0.4) is 0 Å². The summed E-state index contributed by atoms with van der Waals surface area (Å²) in [4.78, 5) is 27.9. The second kappa shape index (κ2) is 8.19. The van der Waals surface area contributed by atoms with Gasteiger partial charge < -0.3 is 10.2 Å². The molecule has 2 aromatic carbocycles. The van der Waals surface area contributed by atoms with E-state index in [1.54, 1.807) is 6.07 Å².